The Labute approximate surface area is 210 Å². The molecular formula is C28H22FN3O3S. The second-order valence-corrected chi connectivity index (χ2v) is 9.24. The molecule has 0 aliphatic carbocycles. The summed E-state index contributed by atoms with van der Waals surface area (Å²) in [6.07, 6.45) is 1.64. The van der Waals surface area contributed by atoms with E-state index in [1.54, 1.807) is 56.5 Å². The van der Waals surface area contributed by atoms with Crippen molar-refractivity contribution in [2.24, 2.45) is 4.99 Å². The molecular weight excluding hydrogens is 477 g/mol. The third-order valence-electron chi connectivity index (χ3n) is 5.88. The number of thiazole rings is 1. The van der Waals surface area contributed by atoms with Crippen molar-refractivity contribution in [1.82, 2.24) is 4.57 Å². The predicted octanol–water partition coefficient (Wildman–Crippen LogP) is 4.02. The number of carbonyl (C=O) groups excluding carboxylic acids is 1. The van der Waals surface area contributed by atoms with Gasteiger partial charge in [-0.05, 0) is 60.5 Å². The summed E-state index contributed by atoms with van der Waals surface area (Å²) < 4.78 is 21.0. The normalized spacial score (nSPS) is 15.3. The number of nitrogens with zero attached hydrogens (tertiary/aromatic N) is 2. The van der Waals surface area contributed by atoms with Gasteiger partial charge in [0.25, 0.3) is 11.5 Å². The van der Waals surface area contributed by atoms with Crippen molar-refractivity contribution in [3.63, 3.8) is 0 Å². The van der Waals surface area contributed by atoms with E-state index in [4.69, 9.17) is 4.74 Å². The highest BCUT2D eigenvalue weighted by Crippen LogP contribution is 2.31. The maximum Gasteiger partial charge on any atom is 0.271 e. The van der Waals surface area contributed by atoms with E-state index < -0.39 is 6.04 Å². The van der Waals surface area contributed by atoms with Gasteiger partial charge in [0, 0.05) is 5.69 Å². The first kappa shape index (κ1) is 23.4. The summed E-state index contributed by atoms with van der Waals surface area (Å²) in [5.74, 6) is -0.0701. The Balaban J connectivity index is 1.68. The average molecular weight is 500 g/mol. The Kier molecular flexibility index (Phi) is 6.35. The SMILES string of the molecule is COc1ccc([C@H]2C(C(=O)Nc3ccccc3)=C(C)N=c3sc(=Cc4cccc(F)c4)c(=O)n32)cc1. The lowest BCUT2D eigenvalue weighted by molar-refractivity contribution is -0.113. The average Bonchev–Trinajstić information content (AvgIpc) is 3.18. The molecule has 180 valence electrons. The van der Waals surface area contributed by atoms with Crippen LogP contribution in [0.5, 0.6) is 5.75 Å². The predicted molar refractivity (Wildman–Crippen MR) is 138 cm³/mol. The summed E-state index contributed by atoms with van der Waals surface area (Å²) in [5.41, 5.74) is 2.53. The molecule has 0 saturated carbocycles. The van der Waals surface area contributed by atoms with Crippen LogP contribution in [0.3, 0.4) is 0 Å². The first-order chi connectivity index (χ1) is 17.4. The Morgan fingerprint density at radius 3 is 2.53 bits per heavy atom. The van der Waals surface area contributed by atoms with Crippen molar-refractivity contribution < 1.29 is 13.9 Å². The van der Waals surface area contributed by atoms with Crippen LogP contribution in [0.1, 0.15) is 24.1 Å². The molecule has 1 aromatic heterocycles. The van der Waals surface area contributed by atoms with Gasteiger partial charge >= 0.3 is 0 Å². The highest BCUT2D eigenvalue weighted by Gasteiger charge is 2.32. The largest absolute Gasteiger partial charge is 0.497 e. The van der Waals surface area contributed by atoms with E-state index in [1.807, 2.05) is 30.3 Å². The van der Waals surface area contributed by atoms with Crippen LogP contribution in [0.25, 0.3) is 6.08 Å². The second-order valence-electron chi connectivity index (χ2n) is 8.23. The number of fused-ring (bicyclic) bond motifs is 1. The molecule has 1 N–H and O–H groups in total. The van der Waals surface area contributed by atoms with E-state index in [0.29, 0.717) is 37.6 Å². The summed E-state index contributed by atoms with van der Waals surface area (Å²) in [6, 6.07) is 21.7. The Morgan fingerprint density at radius 1 is 1.08 bits per heavy atom. The molecule has 2 heterocycles. The van der Waals surface area contributed by atoms with Gasteiger partial charge in [0.1, 0.15) is 11.6 Å². The number of methoxy groups -OCH3 is 1. The van der Waals surface area contributed by atoms with Crippen LogP contribution in [0.15, 0.2) is 99.9 Å². The molecule has 0 bridgehead atoms. The van der Waals surface area contributed by atoms with Crippen molar-refractivity contribution in [1.29, 1.82) is 0 Å². The lowest BCUT2D eigenvalue weighted by Gasteiger charge is -2.25. The first-order valence-electron chi connectivity index (χ1n) is 11.2. The quantitative estimate of drug-likeness (QED) is 0.451. The zero-order valence-electron chi connectivity index (χ0n) is 19.6. The highest BCUT2D eigenvalue weighted by molar-refractivity contribution is 7.07. The fourth-order valence-electron chi connectivity index (χ4n) is 4.18. The van der Waals surface area contributed by atoms with Gasteiger partial charge in [-0.15, -0.1) is 0 Å². The maximum absolute atomic E-state index is 13.7. The Bertz CT molecular complexity index is 1650. The van der Waals surface area contributed by atoms with E-state index in [0.717, 1.165) is 5.56 Å². The van der Waals surface area contributed by atoms with Crippen LogP contribution < -0.4 is 24.9 Å². The number of amides is 1. The van der Waals surface area contributed by atoms with Crippen molar-refractivity contribution in [2.45, 2.75) is 13.0 Å². The Hall–Kier alpha value is -4.30. The molecule has 0 saturated heterocycles. The van der Waals surface area contributed by atoms with Gasteiger partial charge in [0.2, 0.25) is 0 Å². The number of allylic oxidation sites excluding steroid dienone is 1. The molecule has 3 aromatic carbocycles. The number of ether oxygens (including phenoxy) is 1. The van der Waals surface area contributed by atoms with Gasteiger partial charge in [-0.2, -0.15) is 0 Å². The molecule has 0 radical (unpaired) electrons. The molecule has 1 atom stereocenters. The number of halogens is 1. The van der Waals surface area contributed by atoms with Crippen molar-refractivity contribution in [2.75, 3.05) is 12.4 Å². The van der Waals surface area contributed by atoms with E-state index in [2.05, 4.69) is 10.3 Å². The third kappa shape index (κ3) is 4.50. The van der Waals surface area contributed by atoms with Crippen molar-refractivity contribution in [3.05, 3.63) is 127 Å². The fraction of sp³-hybridized carbons (Fsp3) is 0.107. The van der Waals surface area contributed by atoms with Crippen LogP contribution in [-0.2, 0) is 4.79 Å². The standard InChI is InChI=1S/C28H22FN3O3S/c1-17-24(26(33)31-21-9-4-3-5-10-21)25(19-11-13-22(35-2)14-12-19)32-27(34)23(36-28(32)30-17)16-18-7-6-8-20(29)15-18/h3-16,25H,1-2H3,(H,31,33)/t25-/m0/s1. The second kappa shape index (κ2) is 9.75. The van der Waals surface area contributed by atoms with Gasteiger partial charge in [-0.1, -0.05) is 53.8 Å². The van der Waals surface area contributed by atoms with E-state index in [9.17, 15) is 14.0 Å². The van der Waals surface area contributed by atoms with Crippen LogP contribution in [0.4, 0.5) is 10.1 Å². The smallest absolute Gasteiger partial charge is 0.271 e. The van der Waals surface area contributed by atoms with E-state index >= 15 is 0 Å². The lowest BCUT2D eigenvalue weighted by atomic mass is 9.95. The summed E-state index contributed by atoms with van der Waals surface area (Å²) in [4.78, 5) is 32.3. The number of nitrogens with one attached hydrogen (secondary N) is 1. The molecule has 1 aliphatic rings. The van der Waals surface area contributed by atoms with Gasteiger partial charge < -0.3 is 10.1 Å². The summed E-state index contributed by atoms with van der Waals surface area (Å²) >= 11 is 1.21. The molecule has 8 heteroatoms. The van der Waals surface area contributed by atoms with Gasteiger partial charge in [-0.25, -0.2) is 9.38 Å². The first-order valence-corrected chi connectivity index (χ1v) is 12.0. The number of hydrogen-bond acceptors (Lipinski definition) is 5. The topological polar surface area (TPSA) is 72.7 Å². The zero-order valence-corrected chi connectivity index (χ0v) is 20.4. The van der Waals surface area contributed by atoms with E-state index in [-0.39, 0.29) is 17.3 Å². The van der Waals surface area contributed by atoms with Gasteiger partial charge in [0.05, 0.1) is 29.0 Å². The molecule has 0 unspecified atom stereocenters. The van der Waals surface area contributed by atoms with Crippen LogP contribution in [-0.4, -0.2) is 17.6 Å². The number of carbonyl (C=O) groups is 1. The summed E-state index contributed by atoms with van der Waals surface area (Å²) in [7, 11) is 1.58. The number of rotatable bonds is 5. The zero-order chi connectivity index (χ0) is 25.2. The molecule has 6 nitrogen and oxygen atoms in total. The molecule has 5 rings (SSSR count). The molecule has 1 aliphatic heterocycles. The number of benzene rings is 3. The minimum Gasteiger partial charge on any atom is -0.497 e. The van der Waals surface area contributed by atoms with Crippen LogP contribution in [0.2, 0.25) is 0 Å². The van der Waals surface area contributed by atoms with Crippen LogP contribution in [0, 0.1) is 5.82 Å². The molecule has 4 aromatic rings. The third-order valence-corrected chi connectivity index (χ3v) is 6.86. The minimum absolute atomic E-state index is 0.304. The summed E-state index contributed by atoms with van der Waals surface area (Å²) in [6.45, 7) is 1.76. The summed E-state index contributed by atoms with van der Waals surface area (Å²) in [5, 5.41) is 2.92. The monoisotopic (exact) mass is 499 g/mol. The number of para-hydroxylation sites is 1. The molecule has 0 spiro atoms. The molecule has 0 fully saturated rings. The lowest BCUT2D eigenvalue weighted by Crippen LogP contribution is -2.40. The minimum atomic E-state index is -0.703. The number of aromatic nitrogens is 1. The molecule has 1 amide bonds. The van der Waals surface area contributed by atoms with E-state index in [1.165, 1.54) is 28.0 Å². The maximum atomic E-state index is 13.7. The number of hydrogen-bond donors (Lipinski definition) is 1. The van der Waals surface area contributed by atoms with Crippen molar-refractivity contribution >= 4 is 29.0 Å². The highest BCUT2D eigenvalue weighted by atomic mass is 32.1. The van der Waals surface area contributed by atoms with Crippen molar-refractivity contribution in [3.8, 4) is 5.75 Å². The fourth-order valence-corrected chi connectivity index (χ4v) is 5.23. The molecule has 36 heavy (non-hydrogen) atoms. The van der Waals surface area contributed by atoms with Gasteiger partial charge in [0.15, 0.2) is 4.80 Å². The van der Waals surface area contributed by atoms with Gasteiger partial charge in [-0.3, -0.25) is 14.2 Å². The Morgan fingerprint density at radius 2 is 1.83 bits per heavy atom. The number of anilines is 1. The van der Waals surface area contributed by atoms with Crippen LogP contribution >= 0.6 is 11.3 Å².